The number of nitrogens with zero attached hydrogens (tertiary/aromatic N) is 2. The van der Waals surface area contributed by atoms with Crippen molar-refractivity contribution in [1.82, 2.24) is 0 Å². The molecule has 0 saturated heterocycles. The molecular weight excluding hydrogens is 152 g/mol. The zero-order valence-electron chi connectivity index (χ0n) is 6.69. The minimum Gasteiger partial charge on any atom is -0.271 e. The molecule has 2 aliphatic rings. The van der Waals surface area contributed by atoms with Gasteiger partial charge in [0.05, 0.1) is 5.71 Å². The smallest absolute Gasteiger partial charge is 0.260 e. The van der Waals surface area contributed by atoms with Crippen molar-refractivity contribution >= 4 is 17.5 Å². The average molecular weight is 160 g/mol. The van der Waals surface area contributed by atoms with Crippen LogP contribution in [0.3, 0.4) is 0 Å². The minimum absolute atomic E-state index is 0.113. The number of carbonyl (C=O) groups is 1. The predicted octanol–water partition coefficient (Wildman–Crippen LogP) is 1.13. The Morgan fingerprint density at radius 2 is 2.17 bits per heavy atom. The van der Waals surface area contributed by atoms with Crippen LogP contribution in [-0.2, 0) is 4.79 Å². The van der Waals surface area contributed by atoms with Crippen LogP contribution in [0.2, 0.25) is 0 Å². The molecule has 1 aliphatic carbocycles. The van der Waals surface area contributed by atoms with Gasteiger partial charge in [-0.3, -0.25) is 4.79 Å². The van der Waals surface area contributed by atoms with E-state index in [-0.39, 0.29) is 11.8 Å². The van der Waals surface area contributed by atoms with Crippen LogP contribution >= 0.6 is 0 Å². The number of hydrogen-bond donors (Lipinski definition) is 0. The van der Waals surface area contributed by atoms with Gasteiger partial charge in [0.25, 0.3) is 5.91 Å². The van der Waals surface area contributed by atoms with Gasteiger partial charge in [-0.2, -0.15) is 4.99 Å². The summed E-state index contributed by atoms with van der Waals surface area (Å²) in [5.74, 6) is 0.197. The number of hydrogen-bond acceptors (Lipinski definition) is 2. The van der Waals surface area contributed by atoms with Gasteiger partial charge in [0, 0.05) is 0 Å². The molecule has 1 heterocycles. The molecule has 1 aliphatic heterocycles. The van der Waals surface area contributed by atoms with Gasteiger partial charge in [-0.15, -0.1) is 0 Å². The number of amidine groups is 1. The molecule has 0 aromatic carbocycles. The molecule has 3 heteroatoms. The summed E-state index contributed by atoms with van der Waals surface area (Å²) >= 11 is 0. The molecule has 0 radical (unpaired) electrons. The average Bonchev–Trinajstić information content (AvgIpc) is 2.04. The molecular formula is C9H8N2O. The molecule has 0 spiro atoms. The van der Waals surface area contributed by atoms with Crippen LogP contribution in [0.4, 0.5) is 0 Å². The Bertz CT molecular complexity index is 348. The fourth-order valence-electron chi connectivity index (χ4n) is 1.29. The van der Waals surface area contributed by atoms with Gasteiger partial charge in [0.1, 0.15) is 11.8 Å². The van der Waals surface area contributed by atoms with Crippen molar-refractivity contribution in [2.45, 2.75) is 6.92 Å². The quantitative estimate of drug-likeness (QED) is 0.523. The Kier molecular flexibility index (Phi) is 1.50. The molecule has 60 valence electrons. The molecule has 3 nitrogen and oxygen atoms in total. The summed E-state index contributed by atoms with van der Waals surface area (Å²) in [6, 6.07) is 0. The zero-order valence-corrected chi connectivity index (χ0v) is 6.69. The molecule has 0 saturated carbocycles. The van der Waals surface area contributed by atoms with Crippen LogP contribution in [0.25, 0.3) is 0 Å². The van der Waals surface area contributed by atoms with E-state index in [9.17, 15) is 4.79 Å². The van der Waals surface area contributed by atoms with Crippen molar-refractivity contribution in [3.05, 3.63) is 24.3 Å². The number of aliphatic imine (C=N–C) groups is 2. The van der Waals surface area contributed by atoms with E-state index in [1.54, 1.807) is 6.92 Å². The largest absolute Gasteiger partial charge is 0.271 e. The van der Waals surface area contributed by atoms with Gasteiger partial charge in [-0.1, -0.05) is 18.2 Å². The second-order valence-electron chi connectivity index (χ2n) is 2.76. The lowest BCUT2D eigenvalue weighted by atomic mass is 9.97. The fourth-order valence-corrected chi connectivity index (χ4v) is 1.29. The summed E-state index contributed by atoms with van der Waals surface area (Å²) < 4.78 is 0. The summed E-state index contributed by atoms with van der Waals surface area (Å²) in [6.07, 6.45) is 7.39. The van der Waals surface area contributed by atoms with Gasteiger partial charge in [-0.25, -0.2) is 4.99 Å². The summed E-state index contributed by atoms with van der Waals surface area (Å²) in [4.78, 5) is 19.2. The third kappa shape index (κ3) is 1.03. The van der Waals surface area contributed by atoms with E-state index in [1.165, 1.54) is 0 Å². The van der Waals surface area contributed by atoms with E-state index in [4.69, 9.17) is 0 Å². The molecule has 0 N–H and O–H groups in total. The summed E-state index contributed by atoms with van der Waals surface area (Å²) in [5, 5.41) is 0. The lowest BCUT2D eigenvalue weighted by Gasteiger charge is -2.15. The second kappa shape index (κ2) is 2.52. The minimum atomic E-state index is -0.237. The predicted molar refractivity (Wildman–Crippen MR) is 47.3 cm³/mol. The molecule has 0 aromatic heterocycles. The number of allylic oxidation sites excluding steroid dienone is 3. The van der Waals surface area contributed by atoms with Crippen molar-refractivity contribution in [3.63, 3.8) is 0 Å². The standard InChI is InChI=1S/C9H8N2O/c1-6-10-8-5-3-2-4-7(8)9(12)11-6/h2-5,7H,1H3. The molecule has 0 bridgehead atoms. The fraction of sp³-hybridized carbons (Fsp3) is 0.222. The molecule has 1 atom stereocenters. The first kappa shape index (κ1) is 7.16. The lowest BCUT2D eigenvalue weighted by Crippen LogP contribution is -2.25. The van der Waals surface area contributed by atoms with E-state index in [1.807, 2.05) is 24.3 Å². The van der Waals surface area contributed by atoms with E-state index in [0.717, 1.165) is 5.71 Å². The van der Waals surface area contributed by atoms with Crippen LogP contribution in [-0.4, -0.2) is 17.5 Å². The monoisotopic (exact) mass is 160 g/mol. The first-order chi connectivity index (χ1) is 5.77. The first-order valence-electron chi connectivity index (χ1n) is 3.80. The highest BCUT2D eigenvalue weighted by atomic mass is 16.1. The Labute approximate surface area is 70.2 Å². The maximum atomic E-state index is 11.3. The van der Waals surface area contributed by atoms with E-state index in [2.05, 4.69) is 9.98 Å². The molecule has 0 aromatic rings. The van der Waals surface area contributed by atoms with Crippen LogP contribution in [0.1, 0.15) is 6.92 Å². The zero-order chi connectivity index (χ0) is 8.55. The van der Waals surface area contributed by atoms with Crippen LogP contribution in [0.15, 0.2) is 34.3 Å². The Balaban J connectivity index is 2.45. The molecule has 12 heavy (non-hydrogen) atoms. The van der Waals surface area contributed by atoms with Crippen molar-refractivity contribution < 1.29 is 4.79 Å². The summed E-state index contributed by atoms with van der Waals surface area (Å²) in [6.45, 7) is 1.73. The van der Waals surface area contributed by atoms with Crippen molar-refractivity contribution in [2.24, 2.45) is 15.9 Å². The molecule has 0 fully saturated rings. The highest BCUT2D eigenvalue weighted by molar-refractivity contribution is 6.20. The van der Waals surface area contributed by atoms with Crippen LogP contribution in [0, 0.1) is 5.92 Å². The van der Waals surface area contributed by atoms with Crippen molar-refractivity contribution in [2.75, 3.05) is 0 Å². The van der Waals surface area contributed by atoms with E-state index in [0.29, 0.717) is 5.84 Å². The lowest BCUT2D eigenvalue weighted by molar-refractivity contribution is -0.118. The Morgan fingerprint density at radius 1 is 1.33 bits per heavy atom. The summed E-state index contributed by atoms with van der Waals surface area (Å²) in [5.41, 5.74) is 0.801. The molecule has 1 unspecified atom stereocenters. The number of rotatable bonds is 0. The maximum Gasteiger partial charge on any atom is 0.260 e. The van der Waals surface area contributed by atoms with Crippen LogP contribution in [0.5, 0.6) is 0 Å². The van der Waals surface area contributed by atoms with Gasteiger partial charge >= 0.3 is 0 Å². The number of fused-ring (bicyclic) bond motifs is 1. The van der Waals surface area contributed by atoms with Gasteiger partial charge in [-0.05, 0) is 13.0 Å². The van der Waals surface area contributed by atoms with Gasteiger partial charge in [0.15, 0.2) is 0 Å². The highest BCUT2D eigenvalue weighted by Crippen LogP contribution is 2.15. The van der Waals surface area contributed by atoms with E-state index >= 15 is 0 Å². The molecule has 1 amide bonds. The van der Waals surface area contributed by atoms with Gasteiger partial charge < -0.3 is 0 Å². The maximum absolute atomic E-state index is 11.3. The SMILES string of the molecule is CC1=NC(=O)C2C=CC=CC2=N1. The second-order valence-corrected chi connectivity index (χ2v) is 2.76. The first-order valence-corrected chi connectivity index (χ1v) is 3.80. The summed E-state index contributed by atoms with van der Waals surface area (Å²) in [7, 11) is 0. The van der Waals surface area contributed by atoms with E-state index < -0.39 is 0 Å². The number of amides is 1. The highest BCUT2D eigenvalue weighted by Gasteiger charge is 2.24. The molecule has 2 rings (SSSR count). The van der Waals surface area contributed by atoms with Crippen molar-refractivity contribution in [1.29, 1.82) is 0 Å². The topological polar surface area (TPSA) is 41.8 Å². The number of carbonyl (C=O) groups excluding carboxylic acids is 1. The van der Waals surface area contributed by atoms with Gasteiger partial charge in [0.2, 0.25) is 0 Å². The third-order valence-electron chi connectivity index (χ3n) is 1.83. The normalized spacial score (nSPS) is 26.4. The third-order valence-corrected chi connectivity index (χ3v) is 1.83. The Hall–Kier alpha value is -1.51. The Morgan fingerprint density at radius 3 is 3.00 bits per heavy atom. The van der Waals surface area contributed by atoms with Crippen LogP contribution < -0.4 is 0 Å². The van der Waals surface area contributed by atoms with Crippen molar-refractivity contribution in [3.8, 4) is 0 Å².